The third-order valence-corrected chi connectivity index (χ3v) is 6.32. The molecule has 2 aliphatic carbocycles. The molecule has 0 saturated heterocycles. The molecule has 0 unspecified atom stereocenters. The van der Waals surface area contributed by atoms with Crippen LogP contribution in [0.4, 0.5) is 5.69 Å². The molecule has 2 aliphatic rings. The number of furan rings is 1. The highest BCUT2D eigenvalue weighted by atomic mass is 16.5. The summed E-state index contributed by atoms with van der Waals surface area (Å²) >= 11 is 0. The maximum atomic E-state index is 13.1. The van der Waals surface area contributed by atoms with Gasteiger partial charge in [0.15, 0.2) is 0 Å². The van der Waals surface area contributed by atoms with Gasteiger partial charge in [-0.25, -0.2) is 0 Å². The SMILES string of the molecule is COc1ccccc1NC(=O)CN(Cc1ccco1)C(=O)C[C@@H]1C[C@H]2CC[C@@H]1C2. The van der Waals surface area contributed by atoms with Crippen molar-refractivity contribution in [1.82, 2.24) is 4.90 Å². The number of hydrogen-bond donors (Lipinski definition) is 1. The van der Waals surface area contributed by atoms with Gasteiger partial charge in [-0.3, -0.25) is 9.59 Å². The van der Waals surface area contributed by atoms with E-state index < -0.39 is 0 Å². The van der Waals surface area contributed by atoms with E-state index in [1.807, 2.05) is 18.2 Å². The van der Waals surface area contributed by atoms with Crippen molar-refractivity contribution in [2.24, 2.45) is 17.8 Å². The summed E-state index contributed by atoms with van der Waals surface area (Å²) < 4.78 is 10.7. The average molecular weight is 396 g/mol. The van der Waals surface area contributed by atoms with E-state index in [1.165, 1.54) is 19.3 Å². The Balaban J connectivity index is 1.42. The van der Waals surface area contributed by atoms with Gasteiger partial charge in [-0.2, -0.15) is 0 Å². The van der Waals surface area contributed by atoms with Crippen LogP contribution in [-0.2, 0) is 16.1 Å². The first-order valence-electron chi connectivity index (χ1n) is 10.4. The maximum absolute atomic E-state index is 13.1. The molecular weight excluding hydrogens is 368 g/mol. The van der Waals surface area contributed by atoms with E-state index in [1.54, 1.807) is 36.5 Å². The molecule has 6 nitrogen and oxygen atoms in total. The molecule has 1 aromatic heterocycles. The molecule has 2 aromatic rings. The summed E-state index contributed by atoms with van der Waals surface area (Å²) in [6.07, 6.45) is 7.08. The molecule has 2 saturated carbocycles. The summed E-state index contributed by atoms with van der Waals surface area (Å²) in [5.74, 6) is 2.97. The number of amides is 2. The zero-order chi connectivity index (χ0) is 20.2. The lowest BCUT2D eigenvalue weighted by Gasteiger charge is -2.26. The van der Waals surface area contributed by atoms with Crippen molar-refractivity contribution in [1.29, 1.82) is 0 Å². The van der Waals surface area contributed by atoms with Crippen molar-refractivity contribution < 1.29 is 18.7 Å². The van der Waals surface area contributed by atoms with Crippen LogP contribution >= 0.6 is 0 Å². The summed E-state index contributed by atoms with van der Waals surface area (Å²) in [7, 11) is 1.56. The molecule has 2 bridgehead atoms. The normalized spacial score (nSPS) is 22.4. The van der Waals surface area contributed by atoms with Gasteiger partial charge in [0.1, 0.15) is 18.1 Å². The summed E-state index contributed by atoms with van der Waals surface area (Å²) in [6.45, 7) is 0.282. The molecule has 29 heavy (non-hydrogen) atoms. The number of carbonyl (C=O) groups excluding carboxylic acids is 2. The zero-order valence-corrected chi connectivity index (χ0v) is 16.8. The van der Waals surface area contributed by atoms with Crippen molar-refractivity contribution in [3.05, 3.63) is 48.4 Å². The highest BCUT2D eigenvalue weighted by Crippen LogP contribution is 2.49. The Morgan fingerprint density at radius 3 is 2.72 bits per heavy atom. The monoisotopic (exact) mass is 396 g/mol. The molecule has 154 valence electrons. The van der Waals surface area contributed by atoms with E-state index >= 15 is 0 Å². The van der Waals surface area contributed by atoms with E-state index in [2.05, 4.69) is 5.32 Å². The van der Waals surface area contributed by atoms with Crippen LogP contribution in [0.3, 0.4) is 0 Å². The van der Waals surface area contributed by atoms with Crippen LogP contribution in [0.2, 0.25) is 0 Å². The minimum Gasteiger partial charge on any atom is -0.495 e. The van der Waals surface area contributed by atoms with Gasteiger partial charge >= 0.3 is 0 Å². The lowest BCUT2D eigenvalue weighted by atomic mass is 9.86. The van der Waals surface area contributed by atoms with Crippen LogP contribution in [0.15, 0.2) is 47.1 Å². The van der Waals surface area contributed by atoms with Gasteiger partial charge in [-0.15, -0.1) is 0 Å². The van der Waals surface area contributed by atoms with Crippen LogP contribution in [0.5, 0.6) is 5.75 Å². The zero-order valence-electron chi connectivity index (χ0n) is 16.8. The maximum Gasteiger partial charge on any atom is 0.244 e. The molecule has 6 heteroatoms. The highest BCUT2D eigenvalue weighted by Gasteiger charge is 2.40. The van der Waals surface area contributed by atoms with Crippen molar-refractivity contribution in [3.63, 3.8) is 0 Å². The van der Waals surface area contributed by atoms with Crippen LogP contribution in [0.25, 0.3) is 0 Å². The van der Waals surface area contributed by atoms with Gasteiger partial charge in [0.05, 0.1) is 25.6 Å². The van der Waals surface area contributed by atoms with Gasteiger partial charge in [0.25, 0.3) is 0 Å². The molecule has 0 radical (unpaired) electrons. The number of rotatable bonds is 8. The van der Waals surface area contributed by atoms with Crippen molar-refractivity contribution in [3.8, 4) is 5.75 Å². The summed E-state index contributed by atoms with van der Waals surface area (Å²) in [5, 5.41) is 2.86. The number of para-hydroxylation sites is 2. The van der Waals surface area contributed by atoms with Crippen LogP contribution in [0, 0.1) is 17.8 Å². The van der Waals surface area contributed by atoms with E-state index in [4.69, 9.17) is 9.15 Å². The minimum absolute atomic E-state index is 0.0155. The number of hydrogen-bond acceptors (Lipinski definition) is 4. The molecule has 1 N–H and O–H groups in total. The number of benzene rings is 1. The molecule has 0 aliphatic heterocycles. The summed E-state index contributed by atoms with van der Waals surface area (Å²) in [5.41, 5.74) is 0.596. The number of ether oxygens (including phenoxy) is 1. The largest absolute Gasteiger partial charge is 0.495 e. The molecule has 1 heterocycles. The molecule has 2 fully saturated rings. The smallest absolute Gasteiger partial charge is 0.244 e. The van der Waals surface area contributed by atoms with Crippen LogP contribution < -0.4 is 10.1 Å². The molecule has 1 aromatic carbocycles. The summed E-state index contributed by atoms with van der Waals surface area (Å²) in [4.78, 5) is 27.4. The minimum atomic E-state index is -0.248. The second-order valence-corrected chi connectivity index (χ2v) is 8.22. The predicted molar refractivity (Wildman–Crippen MR) is 109 cm³/mol. The topological polar surface area (TPSA) is 71.8 Å². The Kier molecular flexibility index (Phi) is 5.88. The van der Waals surface area contributed by atoms with E-state index in [-0.39, 0.29) is 18.4 Å². The first-order chi connectivity index (χ1) is 14.1. The fourth-order valence-corrected chi connectivity index (χ4v) is 4.91. The Hall–Kier alpha value is -2.76. The molecule has 2 amide bonds. The Morgan fingerprint density at radius 2 is 2.03 bits per heavy atom. The fraction of sp³-hybridized carbons (Fsp3) is 0.478. The van der Waals surface area contributed by atoms with Crippen molar-refractivity contribution >= 4 is 17.5 Å². The van der Waals surface area contributed by atoms with Crippen LogP contribution in [-0.4, -0.2) is 30.4 Å². The van der Waals surface area contributed by atoms with Crippen molar-refractivity contribution in [2.75, 3.05) is 19.0 Å². The number of carbonyl (C=O) groups is 2. The lowest BCUT2D eigenvalue weighted by Crippen LogP contribution is -2.38. The second-order valence-electron chi connectivity index (χ2n) is 8.22. The summed E-state index contributed by atoms with van der Waals surface area (Å²) in [6, 6.07) is 10.9. The Morgan fingerprint density at radius 1 is 1.17 bits per heavy atom. The molecule has 4 rings (SSSR count). The number of fused-ring (bicyclic) bond motifs is 2. The molecular formula is C23H28N2O4. The predicted octanol–water partition coefficient (Wildman–Crippen LogP) is 4.08. The highest BCUT2D eigenvalue weighted by molar-refractivity contribution is 5.95. The molecule has 3 atom stereocenters. The number of methoxy groups -OCH3 is 1. The van der Waals surface area contributed by atoms with Gasteiger partial charge in [-0.1, -0.05) is 18.6 Å². The van der Waals surface area contributed by atoms with E-state index in [0.29, 0.717) is 42.0 Å². The van der Waals surface area contributed by atoms with Crippen molar-refractivity contribution in [2.45, 2.75) is 38.6 Å². The standard InChI is InChI=1S/C23H28N2O4/c1-28-21-7-3-2-6-20(21)24-22(26)15-25(14-19-5-4-10-29-19)23(27)13-18-12-16-8-9-17(18)11-16/h2-7,10,16-18H,8-9,11-15H2,1H3,(H,24,26)/t16-,17+,18-/m0/s1. The number of nitrogens with one attached hydrogen (secondary N) is 1. The number of anilines is 1. The average Bonchev–Trinajstić information content (AvgIpc) is 3.46. The Bertz CT molecular complexity index is 848. The van der Waals surface area contributed by atoms with Gasteiger partial charge in [-0.05, 0) is 61.3 Å². The third-order valence-electron chi connectivity index (χ3n) is 6.32. The van der Waals surface area contributed by atoms with Gasteiger partial charge in [0, 0.05) is 6.42 Å². The van der Waals surface area contributed by atoms with Gasteiger partial charge < -0.3 is 19.4 Å². The lowest BCUT2D eigenvalue weighted by molar-refractivity contribution is -0.136. The van der Waals surface area contributed by atoms with E-state index in [9.17, 15) is 9.59 Å². The first-order valence-corrected chi connectivity index (χ1v) is 10.4. The quantitative estimate of drug-likeness (QED) is 0.730. The Labute approximate surface area is 171 Å². The molecule has 0 spiro atoms. The third kappa shape index (κ3) is 4.63. The number of nitrogens with zero attached hydrogens (tertiary/aromatic N) is 1. The first kappa shape index (κ1) is 19.6. The van der Waals surface area contributed by atoms with E-state index in [0.717, 1.165) is 12.3 Å². The fourth-order valence-electron chi connectivity index (χ4n) is 4.91. The van der Waals surface area contributed by atoms with Crippen LogP contribution in [0.1, 0.15) is 37.9 Å². The van der Waals surface area contributed by atoms with Gasteiger partial charge in [0.2, 0.25) is 11.8 Å². The second kappa shape index (κ2) is 8.72.